The van der Waals surface area contributed by atoms with Crippen molar-refractivity contribution >= 4 is 0 Å². The Morgan fingerprint density at radius 1 is 1.00 bits per heavy atom. The van der Waals surface area contributed by atoms with Gasteiger partial charge in [0.2, 0.25) is 0 Å². The van der Waals surface area contributed by atoms with Gasteiger partial charge in [0.05, 0.1) is 18.2 Å². The van der Waals surface area contributed by atoms with Gasteiger partial charge in [-0.15, -0.1) is 0 Å². The summed E-state index contributed by atoms with van der Waals surface area (Å²) >= 11 is 0. The fraction of sp³-hybridized carbons (Fsp3) is 0.647. The zero-order valence-electron chi connectivity index (χ0n) is 13.5. The zero-order chi connectivity index (χ0) is 15.0. The molecule has 1 N–H and O–H groups in total. The monoisotopic (exact) mass is 279 g/mol. The summed E-state index contributed by atoms with van der Waals surface area (Å²) in [6.45, 7) is 9.87. The molecule has 0 aliphatic rings. The van der Waals surface area contributed by atoms with Gasteiger partial charge < -0.3 is 14.8 Å². The summed E-state index contributed by atoms with van der Waals surface area (Å²) in [5.41, 5.74) is 1.09. The number of benzene rings is 1. The third-order valence-corrected chi connectivity index (χ3v) is 3.97. The molecule has 114 valence electrons. The van der Waals surface area contributed by atoms with E-state index in [4.69, 9.17) is 9.47 Å². The lowest BCUT2D eigenvalue weighted by Gasteiger charge is -2.39. The topological polar surface area (TPSA) is 30.5 Å². The lowest BCUT2D eigenvalue weighted by atomic mass is 9.83. The molecule has 0 radical (unpaired) electrons. The normalized spacial score (nSPS) is 13.2. The quantitative estimate of drug-likeness (QED) is 0.742. The van der Waals surface area contributed by atoms with Gasteiger partial charge in [0.1, 0.15) is 5.75 Å². The second-order valence-electron chi connectivity index (χ2n) is 4.93. The highest BCUT2D eigenvalue weighted by Crippen LogP contribution is 2.35. The van der Waals surface area contributed by atoms with Crippen LogP contribution in [-0.4, -0.2) is 25.9 Å². The van der Waals surface area contributed by atoms with Gasteiger partial charge in [0.15, 0.2) is 0 Å². The summed E-state index contributed by atoms with van der Waals surface area (Å²) in [6, 6.07) is 8.51. The molecule has 0 aliphatic carbocycles. The van der Waals surface area contributed by atoms with Crippen LogP contribution < -0.4 is 10.1 Å². The first-order valence-electron chi connectivity index (χ1n) is 7.71. The van der Waals surface area contributed by atoms with Gasteiger partial charge >= 0.3 is 0 Å². The Hall–Kier alpha value is -1.06. The second-order valence-corrected chi connectivity index (χ2v) is 4.93. The average Bonchev–Trinajstić information content (AvgIpc) is 2.49. The molecule has 0 saturated heterocycles. The average molecular weight is 279 g/mol. The lowest BCUT2D eigenvalue weighted by molar-refractivity contribution is -0.0717. The van der Waals surface area contributed by atoms with Crippen molar-refractivity contribution in [1.82, 2.24) is 5.32 Å². The van der Waals surface area contributed by atoms with Crippen molar-refractivity contribution in [1.29, 1.82) is 0 Å². The Labute approximate surface area is 123 Å². The number of likely N-dealkylation sites (N-methyl/N-ethyl adjacent to an activating group) is 1. The smallest absolute Gasteiger partial charge is 0.119 e. The van der Waals surface area contributed by atoms with Gasteiger partial charge in [-0.05, 0) is 51.4 Å². The van der Waals surface area contributed by atoms with Gasteiger partial charge in [-0.1, -0.05) is 26.0 Å². The Bertz CT molecular complexity index is 371. The van der Waals surface area contributed by atoms with Crippen LogP contribution in [0.5, 0.6) is 5.75 Å². The van der Waals surface area contributed by atoms with E-state index in [9.17, 15) is 0 Å². The van der Waals surface area contributed by atoms with E-state index in [2.05, 4.69) is 38.2 Å². The third-order valence-electron chi connectivity index (χ3n) is 3.97. The number of hydrogen-bond donors (Lipinski definition) is 1. The van der Waals surface area contributed by atoms with Crippen molar-refractivity contribution in [2.75, 3.05) is 20.3 Å². The van der Waals surface area contributed by atoms with Crippen LogP contribution in [0.2, 0.25) is 0 Å². The summed E-state index contributed by atoms with van der Waals surface area (Å²) in [7, 11) is 2.00. The van der Waals surface area contributed by atoms with Crippen molar-refractivity contribution in [3.63, 3.8) is 0 Å². The molecule has 0 aliphatic heterocycles. The highest BCUT2D eigenvalue weighted by molar-refractivity contribution is 5.30. The number of hydrogen-bond acceptors (Lipinski definition) is 3. The Morgan fingerprint density at radius 3 is 2.00 bits per heavy atom. The molecule has 1 rings (SSSR count). The maximum Gasteiger partial charge on any atom is 0.119 e. The minimum absolute atomic E-state index is 0.156. The van der Waals surface area contributed by atoms with E-state index in [1.54, 1.807) is 0 Å². The highest BCUT2D eigenvalue weighted by Gasteiger charge is 2.36. The van der Waals surface area contributed by atoms with Crippen molar-refractivity contribution in [2.45, 2.75) is 52.2 Å². The molecular weight excluding hydrogens is 250 g/mol. The van der Waals surface area contributed by atoms with Crippen LogP contribution in [-0.2, 0) is 4.74 Å². The molecule has 3 heteroatoms. The second kappa shape index (κ2) is 8.28. The molecule has 20 heavy (non-hydrogen) atoms. The van der Waals surface area contributed by atoms with Crippen LogP contribution in [0.3, 0.4) is 0 Å². The first kappa shape index (κ1) is 17.0. The van der Waals surface area contributed by atoms with Gasteiger partial charge in [-0.2, -0.15) is 0 Å². The molecule has 1 aromatic carbocycles. The predicted molar refractivity (Wildman–Crippen MR) is 84.4 cm³/mol. The predicted octanol–water partition coefficient (Wildman–Crippen LogP) is 3.94. The van der Waals surface area contributed by atoms with E-state index in [1.807, 2.05) is 26.1 Å². The first-order valence-corrected chi connectivity index (χ1v) is 7.71. The molecule has 0 spiro atoms. The maximum atomic E-state index is 6.12. The van der Waals surface area contributed by atoms with Crippen molar-refractivity contribution in [3.05, 3.63) is 29.8 Å². The molecule has 0 amide bonds. The van der Waals surface area contributed by atoms with Crippen molar-refractivity contribution < 1.29 is 9.47 Å². The molecule has 0 bridgehead atoms. The van der Waals surface area contributed by atoms with Gasteiger partial charge in [-0.25, -0.2) is 0 Å². The summed E-state index contributed by atoms with van der Waals surface area (Å²) in [4.78, 5) is 0. The van der Waals surface area contributed by atoms with Gasteiger partial charge in [0, 0.05) is 6.61 Å². The number of nitrogens with one attached hydrogen (secondary N) is 1. The van der Waals surface area contributed by atoms with Crippen LogP contribution in [0.15, 0.2) is 24.3 Å². The standard InChI is InChI=1S/C17H29NO2/c1-6-17(7-2,20-9-4)16(18-5)14-10-12-15(13-11-14)19-8-3/h10-13,16,18H,6-9H2,1-5H3. The molecule has 0 saturated carbocycles. The van der Waals surface area contributed by atoms with Crippen LogP contribution in [0, 0.1) is 0 Å². The summed E-state index contributed by atoms with van der Waals surface area (Å²) in [5, 5.41) is 3.43. The molecule has 0 heterocycles. The van der Waals surface area contributed by atoms with Crippen LogP contribution in [0.4, 0.5) is 0 Å². The maximum absolute atomic E-state index is 6.12. The van der Waals surface area contributed by atoms with Gasteiger partial charge in [0.25, 0.3) is 0 Å². The molecule has 3 nitrogen and oxygen atoms in total. The van der Waals surface area contributed by atoms with Crippen LogP contribution in [0.1, 0.15) is 52.1 Å². The van der Waals surface area contributed by atoms with E-state index in [0.29, 0.717) is 6.61 Å². The van der Waals surface area contributed by atoms with Crippen molar-refractivity contribution in [2.24, 2.45) is 0 Å². The molecule has 0 fully saturated rings. The largest absolute Gasteiger partial charge is 0.494 e. The summed E-state index contributed by atoms with van der Waals surface area (Å²) in [5.74, 6) is 0.918. The third kappa shape index (κ3) is 3.74. The fourth-order valence-corrected chi connectivity index (χ4v) is 2.89. The van der Waals surface area contributed by atoms with E-state index in [-0.39, 0.29) is 11.6 Å². The molecule has 1 unspecified atom stereocenters. The van der Waals surface area contributed by atoms with E-state index >= 15 is 0 Å². The van der Waals surface area contributed by atoms with E-state index in [0.717, 1.165) is 25.2 Å². The van der Waals surface area contributed by atoms with E-state index in [1.165, 1.54) is 5.56 Å². The Kier molecular flexibility index (Phi) is 7.03. The van der Waals surface area contributed by atoms with Crippen LogP contribution in [0.25, 0.3) is 0 Å². The summed E-state index contributed by atoms with van der Waals surface area (Å²) in [6.07, 6.45) is 1.96. The van der Waals surface area contributed by atoms with Crippen LogP contribution >= 0.6 is 0 Å². The lowest BCUT2D eigenvalue weighted by Crippen LogP contribution is -2.44. The highest BCUT2D eigenvalue weighted by atomic mass is 16.5. The molecule has 1 atom stereocenters. The zero-order valence-corrected chi connectivity index (χ0v) is 13.5. The number of rotatable bonds is 9. The van der Waals surface area contributed by atoms with E-state index < -0.39 is 0 Å². The minimum Gasteiger partial charge on any atom is -0.494 e. The fourth-order valence-electron chi connectivity index (χ4n) is 2.89. The van der Waals surface area contributed by atoms with Crippen molar-refractivity contribution in [3.8, 4) is 5.75 Å². The Balaban J connectivity index is 3.03. The molecule has 0 aromatic heterocycles. The first-order chi connectivity index (χ1) is 9.67. The Morgan fingerprint density at radius 2 is 1.60 bits per heavy atom. The molecule has 1 aromatic rings. The SMILES string of the molecule is CCOc1ccc(C(NC)C(CC)(CC)OCC)cc1. The molecular formula is C17H29NO2. The van der Waals surface area contributed by atoms with Gasteiger partial charge in [-0.3, -0.25) is 0 Å². The minimum atomic E-state index is -0.156. The summed E-state index contributed by atoms with van der Waals surface area (Å²) < 4.78 is 11.6. The number of ether oxygens (including phenoxy) is 2.